The molecule has 4 atom stereocenters. The van der Waals surface area contributed by atoms with Gasteiger partial charge in [-0.1, -0.05) is 13.3 Å². The van der Waals surface area contributed by atoms with Crippen LogP contribution in [0.15, 0.2) is 34.8 Å². The molecular weight excluding hydrogens is 516 g/mol. The van der Waals surface area contributed by atoms with E-state index in [1.54, 1.807) is 25.1 Å². The third-order valence-electron chi connectivity index (χ3n) is 8.18. The molecule has 40 heavy (non-hydrogen) atoms. The predicted molar refractivity (Wildman–Crippen MR) is 148 cm³/mol. The Morgan fingerprint density at radius 1 is 1.10 bits per heavy atom. The highest BCUT2D eigenvalue weighted by atomic mass is 16.6. The van der Waals surface area contributed by atoms with Gasteiger partial charge >= 0.3 is 5.97 Å². The van der Waals surface area contributed by atoms with Crippen LogP contribution in [0.3, 0.4) is 0 Å². The van der Waals surface area contributed by atoms with Crippen LogP contribution in [-0.2, 0) is 25.5 Å². The summed E-state index contributed by atoms with van der Waals surface area (Å²) in [6.45, 7) is 4.66. The number of likely N-dealkylation sites (N-methyl/N-ethyl adjacent to an activating group) is 1. The van der Waals surface area contributed by atoms with Gasteiger partial charge in [-0.25, -0.2) is 0 Å². The van der Waals surface area contributed by atoms with E-state index < -0.39 is 63.9 Å². The number of allylic oxidation sites excluding steroid dienone is 1. The van der Waals surface area contributed by atoms with Crippen molar-refractivity contribution in [2.24, 2.45) is 11.8 Å². The van der Waals surface area contributed by atoms with Crippen molar-refractivity contribution in [2.45, 2.75) is 58.1 Å². The lowest BCUT2D eigenvalue weighted by molar-refractivity contribution is -0.177. The van der Waals surface area contributed by atoms with E-state index in [-0.39, 0.29) is 12.0 Å². The minimum atomic E-state index is -2.34. The summed E-state index contributed by atoms with van der Waals surface area (Å²) in [7, 11) is 7.07. The minimum absolute atomic E-state index is 0.0311. The number of anilines is 1. The monoisotopic (exact) mass is 554 g/mol. The Morgan fingerprint density at radius 2 is 1.77 bits per heavy atom. The molecule has 3 aliphatic rings. The van der Waals surface area contributed by atoms with Crippen molar-refractivity contribution >= 4 is 29.0 Å². The van der Waals surface area contributed by atoms with Gasteiger partial charge in [-0.3, -0.25) is 24.1 Å². The van der Waals surface area contributed by atoms with Gasteiger partial charge in [0, 0.05) is 38.2 Å². The molecule has 10 heteroatoms. The van der Waals surface area contributed by atoms with Crippen molar-refractivity contribution < 1.29 is 38.9 Å². The van der Waals surface area contributed by atoms with Gasteiger partial charge in [0.1, 0.15) is 17.1 Å². The Morgan fingerprint density at radius 3 is 2.33 bits per heavy atom. The van der Waals surface area contributed by atoms with Gasteiger partial charge in [-0.2, -0.15) is 0 Å². The number of carbonyl (C=O) groups excluding carboxylic acids is 4. The molecule has 3 aliphatic carbocycles. The molecule has 0 saturated heterocycles. The summed E-state index contributed by atoms with van der Waals surface area (Å²) >= 11 is 0. The van der Waals surface area contributed by atoms with Crippen LogP contribution in [0.25, 0.3) is 0 Å². The zero-order valence-electron chi connectivity index (χ0n) is 24.2. The molecule has 0 fully saturated rings. The second kappa shape index (κ2) is 10.7. The largest absolute Gasteiger partial charge is 0.510 e. The number of rotatable bonds is 8. The van der Waals surface area contributed by atoms with E-state index in [1.807, 2.05) is 32.0 Å². The first-order valence-electron chi connectivity index (χ1n) is 13.6. The summed E-state index contributed by atoms with van der Waals surface area (Å²) in [6, 6.07) is 2.69. The first-order chi connectivity index (χ1) is 18.8. The van der Waals surface area contributed by atoms with Gasteiger partial charge in [-0.15, -0.1) is 0 Å². The van der Waals surface area contributed by atoms with E-state index >= 15 is 0 Å². The van der Waals surface area contributed by atoms with E-state index in [9.17, 15) is 29.4 Å². The number of Topliss-reactive ketones (excluding diaryl/α,β-unsaturated/α-hetero) is 3. The summed E-state index contributed by atoms with van der Waals surface area (Å²) in [4.78, 5) is 56.8. The number of unbranched alkanes of at least 4 members (excludes halogenated alkanes) is 1. The Balaban J connectivity index is 2.01. The fourth-order valence-electron chi connectivity index (χ4n) is 6.56. The minimum Gasteiger partial charge on any atom is -0.510 e. The molecule has 1 aromatic carbocycles. The van der Waals surface area contributed by atoms with Crippen molar-refractivity contribution in [2.75, 3.05) is 39.7 Å². The van der Waals surface area contributed by atoms with Crippen molar-refractivity contribution in [1.82, 2.24) is 4.90 Å². The topological polar surface area (TPSA) is 134 Å². The van der Waals surface area contributed by atoms with Crippen LogP contribution < -0.4 is 9.64 Å². The number of aliphatic hydroxyl groups excluding tert-OH is 2. The third-order valence-corrected chi connectivity index (χ3v) is 8.18. The molecule has 0 amide bonds. The summed E-state index contributed by atoms with van der Waals surface area (Å²) in [5.41, 5.74) is -1.03. The number of hydrogen-bond donors (Lipinski definition) is 2. The number of hydrogen-bond acceptors (Lipinski definition) is 10. The number of aliphatic hydroxyl groups is 2. The number of ether oxygens (including phenoxy) is 2. The zero-order chi connectivity index (χ0) is 29.7. The van der Waals surface area contributed by atoms with E-state index in [2.05, 4.69) is 0 Å². The maximum Gasteiger partial charge on any atom is 0.304 e. The van der Waals surface area contributed by atoms with Crippen molar-refractivity contribution in [3.8, 4) is 5.75 Å². The molecule has 0 saturated carbocycles. The van der Waals surface area contributed by atoms with E-state index in [0.29, 0.717) is 24.3 Å². The van der Waals surface area contributed by atoms with Crippen molar-refractivity contribution in [1.29, 1.82) is 0 Å². The number of ketones is 3. The molecule has 0 aromatic heterocycles. The quantitative estimate of drug-likeness (QED) is 0.280. The van der Waals surface area contributed by atoms with Gasteiger partial charge < -0.3 is 24.6 Å². The predicted octanol–water partition coefficient (Wildman–Crippen LogP) is 3.33. The lowest BCUT2D eigenvalue weighted by atomic mass is 9.58. The average Bonchev–Trinajstić information content (AvgIpc) is 2.84. The van der Waals surface area contributed by atoms with Crippen LogP contribution in [0.2, 0.25) is 0 Å². The van der Waals surface area contributed by atoms with E-state index in [1.165, 1.54) is 0 Å². The van der Waals surface area contributed by atoms with Crippen LogP contribution >= 0.6 is 0 Å². The molecule has 0 bridgehead atoms. The molecule has 216 valence electrons. The van der Waals surface area contributed by atoms with Crippen LogP contribution in [0.1, 0.15) is 56.0 Å². The Bertz CT molecular complexity index is 1340. The number of nitrogens with zero attached hydrogens (tertiary/aromatic N) is 2. The second-order valence-electron chi connectivity index (χ2n) is 11.3. The van der Waals surface area contributed by atoms with Crippen LogP contribution in [0, 0.1) is 11.8 Å². The summed E-state index contributed by atoms with van der Waals surface area (Å²) in [5.74, 6) is -5.39. The molecule has 1 unspecified atom stereocenters. The molecule has 10 nitrogen and oxygen atoms in total. The van der Waals surface area contributed by atoms with Crippen LogP contribution in [0.5, 0.6) is 5.75 Å². The summed E-state index contributed by atoms with van der Waals surface area (Å²) < 4.78 is 11.7. The van der Waals surface area contributed by atoms with Crippen LogP contribution in [-0.4, -0.2) is 84.9 Å². The molecule has 1 aromatic rings. The number of benzene rings is 1. The summed E-state index contributed by atoms with van der Waals surface area (Å²) in [5, 5.41) is 23.1. The first-order valence-corrected chi connectivity index (χ1v) is 13.6. The van der Waals surface area contributed by atoms with E-state index in [4.69, 9.17) is 9.47 Å². The third kappa shape index (κ3) is 4.38. The highest BCUT2D eigenvalue weighted by Gasteiger charge is 2.66. The van der Waals surface area contributed by atoms with Gasteiger partial charge in [0.15, 0.2) is 17.3 Å². The zero-order valence-corrected chi connectivity index (χ0v) is 24.2. The lowest BCUT2D eigenvalue weighted by Crippen LogP contribution is -2.65. The highest BCUT2D eigenvalue weighted by Crippen LogP contribution is 2.54. The van der Waals surface area contributed by atoms with Crippen molar-refractivity contribution in [3.63, 3.8) is 0 Å². The average molecular weight is 555 g/mol. The highest BCUT2D eigenvalue weighted by molar-refractivity contribution is 6.25. The maximum absolute atomic E-state index is 14.3. The Labute approximate surface area is 234 Å². The number of fused-ring (bicyclic) bond motifs is 3. The van der Waals surface area contributed by atoms with Gasteiger partial charge in [0.05, 0.1) is 18.2 Å². The standard InChI is InChI=1S/C30H38N2O8/c1-8-9-12-39-21-11-10-20(31(4)5)18-13-17-14-19-25(32(6)7)27(36)22(15(2)33)28(37)30(19,40-16(3)34)29(38)23(17)26(35)24(18)21/h10-11,17,19,25,36,38H,8-9,12-14H2,1-7H3/t17-,19-,25?,30+/m0/s1. The van der Waals surface area contributed by atoms with Crippen molar-refractivity contribution in [3.05, 3.63) is 45.9 Å². The molecular formula is C30H38N2O8. The van der Waals surface area contributed by atoms with Gasteiger partial charge in [0.2, 0.25) is 11.4 Å². The Kier molecular flexibility index (Phi) is 7.86. The maximum atomic E-state index is 14.3. The summed E-state index contributed by atoms with van der Waals surface area (Å²) in [6.07, 6.45) is 2.18. The number of carbonyl (C=O) groups is 4. The van der Waals surface area contributed by atoms with Gasteiger partial charge in [0.25, 0.3) is 0 Å². The molecule has 0 aliphatic heterocycles. The molecule has 0 heterocycles. The fraction of sp³-hybridized carbons (Fsp3) is 0.533. The molecule has 0 radical (unpaired) electrons. The molecule has 0 spiro atoms. The lowest BCUT2D eigenvalue weighted by Gasteiger charge is -2.51. The first kappa shape index (κ1) is 29.3. The second-order valence-corrected chi connectivity index (χ2v) is 11.3. The smallest absolute Gasteiger partial charge is 0.304 e. The van der Waals surface area contributed by atoms with Crippen LogP contribution in [0.4, 0.5) is 5.69 Å². The van der Waals surface area contributed by atoms with E-state index in [0.717, 1.165) is 37.9 Å². The van der Waals surface area contributed by atoms with Gasteiger partial charge in [-0.05, 0) is 63.9 Å². The fourth-order valence-corrected chi connectivity index (χ4v) is 6.56. The SMILES string of the molecule is CCCCOc1ccc(N(C)C)c2c1C(=O)C1=C(O)[C@]3(OC(C)=O)C(=O)C(C(C)=O)=C(O)C(N(C)C)[C@@H]3C[C@@H]1C2. The molecule has 4 rings (SSSR count). The normalized spacial score (nSPS) is 25.9. The Hall–Kier alpha value is -3.66. The number of esters is 1. The molecule has 2 N–H and O–H groups in total.